The van der Waals surface area contributed by atoms with Crippen LogP contribution in [0.5, 0.6) is 5.75 Å². The number of ether oxygens (including phenoxy) is 1. The van der Waals surface area contributed by atoms with E-state index in [1.54, 1.807) is 21.0 Å². The molecule has 1 aromatic carbocycles. The topological polar surface area (TPSA) is 87.3 Å². The number of anilines is 1. The van der Waals surface area contributed by atoms with Gasteiger partial charge in [-0.3, -0.25) is 10.1 Å². The number of nitrogens with one attached hydrogen (secondary N) is 2. The van der Waals surface area contributed by atoms with Gasteiger partial charge in [0.15, 0.2) is 0 Å². The van der Waals surface area contributed by atoms with Crippen LogP contribution in [0.25, 0.3) is 0 Å². The highest BCUT2D eigenvalue weighted by molar-refractivity contribution is 9.10. The van der Waals surface area contributed by atoms with Crippen molar-refractivity contribution in [3.05, 3.63) is 45.1 Å². The summed E-state index contributed by atoms with van der Waals surface area (Å²) < 4.78 is 11.5. The molecule has 1 heterocycles. The Morgan fingerprint density at radius 3 is 2.76 bits per heavy atom. The first-order chi connectivity index (χ1) is 11.9. The molecule has 0 fully saturated rings. The van der Waals surface area contributed by atoms with Gasteiger partial charge < -0.3 is 14.5 Å². The molecule has 1 amide bonds. The molecule has 0 saturated heterocycles. The Kier molecular flexibility index (Phi) is 6.23. The fraction of sp³-hybridized carbons (Fsp3) is 0.333. The SMILES string of the molecule is COc1ccc(C(C)NCC(=O)Nc2oc(C)c(C)c2C#N)cc1Br. The van der Waals surface area contributed by atoms with Gasteiger partial charge in [-0.1, -0.05) is 6.07 Å². The number of furan rings is 1. The molecular weight excluding hydrogens is 386 g/mol. The molecule has 6 nitrogen and oxygen atoms in total. The van der Waals surface area contributed by atoms with Crippen molar-refractivity contribution in [2.24, 2.45) is 0 Å². The zero-order chi connectivity index (χ0) is 18.6. The standard InChI is InChI=1S/C18H20BrN3O3/c1-10-12(3)25-18(14(10)8-20)22-17(23)9-21-11(2)13-5-6-16(24-4)15(19)7-13/h5-7,11,21H,9H2,1-4H3,(H,22,23). The van der Waals surface area contributed by atoms with Crippen LogP contribution >= 0.6 is 15.9 Å². The predicted molar refractivity (Wildman–Crippen MR) is 98.6 cm³/mol. The van der Waals surface area contributed by atoms with Gasteiger partial charge in [0, 0.05) is 11.6 Å². The highest BCUT2D eigenvalue weighted by atomic mass is 79.9. The minimum atomic E-state index is -0.273. The first-order valence-corrected chi connectivity index (χ1v) is 8.53. The summed E-state index contributed by atoms with van der Waals surface area (Å²) in [5, 5.41) is 15.0. The number of aryl methyl sites for hydroxylation is 1. The number of hydrogen-bond donors (Lipinski definition) is 2. The number of benzene rings is 1. The van der Waals surface area contributed by atoms with Gasteiger partial charge in [-0.05, 0) is 54.4 Å². The van der Waals surface area contributed by atoms with E-state index in [2.05, 4.69) is 32.6 Å². The summed E-state index contributed by atoms with van der Waals surface area (Å²) in [6.45, 7) is 5.60. The second kappa shape index (κ2) is 8.19. The van der Waals surface area contributed by atoms with Crippen LogP contribution in [-0.2, 0) is 4.79 Å². The van der Waals surface area contributed by atoms with Gasteiger partial charge in [-0.25, -0.2) is 0 Å². The summed E-state index contributed by atoms with van der Waals surface area (Å²) >= 11 is 3.45. The maximum Gasteiger partial charge on any atom is 0.240 e. The van der Waals surface area contributed by atoms with Gasteiger partial charge >= 0.3 is 0 Å². The number of nitriles is 1. The largest absolute Gasteiger partial charge is 0.496 e. The Balaban J connectivity index is 1.97. The Bertz CT molecular complexity index is 824. The monoisotopic (exact) mass is 405 g/mol. The quantitative estimate of drug-likeness (QED) is 0.762. The van der Waals surface area contributed by atoms with Crippen molar-refractivity contribution in [1.29, 1.82) is 5.26 Å². The van der Waals surface area contributed by atoms with E-state index >= 15 is 0 Å². The number of hydrogen-bond acceptors (Lipinski definition) is 5. The minimum absolute atomic E-state index is 0.0385. The Labute approximate surface area is 155 Å². The van der Waals surface area contributed by atoms with E-state index in [1.807, 2.05) is 25.1 Å². The number of methoxy groups -OCH3 is 1. The third-order valence-electron chi connectivity index (χ3n) is 3.99. The predicted octanol–water partition coefficient (Wildman–Crippen LogP) is 3.83. The second-order valence-corrected chi connectivity index (χ2v) is 6.50. The zero-order valence-electron chi connectivity index (χ0n) is 14.6. The first-order valence-electron chi connectivity index (χ1n) is 7.74. The van der Waals surface area contributed by atoms with Crippen molar-refractivity contribution in [3.63, 3.8) is 0 Å². The van der Waals surface area contributed by atoms with E-state index in [9.17, 15) is 4.79 Å². The van der Waals surface area contributed by atoms with E-state index in [0.29, 0.717) is 11.3 Å². The van der Waals surface area contributed by atoms with Crippen LogP contribution in [0.1, 0.15) is 35.4 Å². The first kappa shape index (κ1) is 19.0. The van der Waals surface area contributed by atoms with E-state index in [4.69, 9.17) is 14.4 Å². The smallest absolute Gasteiger partial charge is 0.240 e. The third kappa shape index (κ3) is 4.41. The highest BCUT2D eigenvalue weighted by Gasteiger charge is 2.17. The zero-order valence-corrected chi connectivity index (χ0v) is 16.2. The summed E-state index contributed by atoms with van der Waals surface area (Å²) in [4.78, 5) is 12.1. The fourth-order valence-electron chi connectivity index (χ4n) is 2.34. The van der Waals surface area contributed by atoms with Crippen molar-refractivity contribution in [3.8, 4) is 11.8 Å². The van der Waals surface area contributed by atoms with Crippen molar-refractivity contribution < 1.29 is 13.9 Å². The maximum atomic E-state index is 12.1. The molecule has 2 N–H and O–H groups in total. The minimum Gasteiger partial charge on any atom is -0.496 e. The summed E-state index contributed by atoms with van der Waals surface area (Å²) in [5.41, 5.74) is 2.11. The molecule has 0 spiro atoms. The molecule has 0 aliphatic rings. The molecule has 0 aliphatic heterocycles. The average molecular weight is 406 g/mol. The summed E-state index contributed by atoms with van der Waals surface area (Å²) in [6.07, 6.45) is 0. The van der Waals surface area contributed by atoms with Gasteiger partial charge in [0.05, 0.1) is 18.1 Å². The Morgan fingerprint density at radius 2 is 2.16 bits per heavy atom. The molecule has 0 bridgehead atoms. The third-order valence-corrected chi connectivity index (χ3v) is 4.61. The van der Waals surface area contributed by atoms with Gasteiger partial charge in [0.25, 0.3) is 0 Å². The number of nitrogens with zero attached hydrogens (tertiary/aromatic N) is 1. The van der Waals surface area contributed by atoms with Crippen LogP contribution in [0.15, 0.2) is 27.1 Å². The molecule has 0 radical (unpaired) electrons. The lowest BCUT2D eigenvalue weighted by atomic mass is 10.1. The van der Waals surface area contributed by atoms with Crippen LogP contribution in [-0.4, -0.2) is 19.6 Å². The summed E-state index contributed by atoms with van der Waals surface area (Å²) in [5.74, 6) is 1.30. The van der Waals surface area contributed by atoms with E-state index < -0.39 is 0 Å². The molecule has 2 rings (SSSR count). The maximum absolute atomic E-state index is 12.1. The normalized spacial score (nSPS) is 11.7. The van der Waals surface area contributed by atoms with Crippen molar-refractivity contribution in [1.82, 2.24) is 5.32 Å². The summed E-state index contributed by atoms with van der Waals surface area (Å²) in [6, 6.07) is 7.76. The number of carbonyl (C=O) groups excluding carboxylic acids is 1. The van der Waals surface area contributed by atoms with Gasteiger partial charge in [-0.15, -0.1) is 0 Å². The number of rotatable bonds is 6. The van der Waals surface area contributed by atoms with Crippen LogP contribution in [0, 0.1) is 25.2 Å². The second-order valence-electron chi connectivity index (χ2n) is 5.64. The van der Waals surface area contributed by atoms with Crippen molar-refractivity contribution >= 4 is 27.7 Å². The van der Waals surface area contributed by atoms with E-state index in [1.165, 1.54) is 0 Å². The molecular formula is C18H20BrN3O3. The highest BCUT2D eigenvalue weighted by Crippen LogP contribution is 2.28. The molecule has 25 heavy (non-hydrogen) atoms. The van der Waals surface area contributed by atoms with Crippen LogP contribution in [0.3, 0.4) is 0 Å². The molecule has 132 valence electrons. The van der Waals surface area contributed by atoms with Crippen molar-refractivity contribution in [2.75, 3.05) is 19.0 Å². The number of amides is 1. The van der Waals surface area contributed by atoms with E-state index in [-0.39, 0.29) is 24.4 Å². The fourth-order valence-corrected chi connectivity index (χ4v) is 2.89. The lowest BCUT2D eigenvalue weighted by Crippen LogP contribution is -2.30. The van der Waals surface area contributed by atoms with Crippen molar-refractivity contribution in [2.45, 2.75) is 26.8 Å². The van der Waals surface area contributed by atoms with Crippen LogP contribution in [0.2, 0.25) is 0 Å². The Morgan fingerprint density at radius 1 is 1.44 bits per heavy atom. The van der Waals surface area contributed by atoms with Gasteiger partial charge in [-0.2, -0.15) is 5.26 Å². The molecule has 0 saturated carbocycles. The molecule has 1 unspecified atom stereocenters. The molecule has 1 aromatic heterocycles. The average Bonchev–Trinajstić information content (AvgIpc) is 2.85. The van der Waals surface area contributed by atoms with E-state index in [0.717, 1.165) is 21.3 Å². The lowest BCUT2D eigenvalue weighted by Gasteiger charge is -2.15. The van der Waals surface area contributed by atoms with Crippen LogP contribution < -0.4 is 15.4 Å². The number of halogens is 1. The Hall–Kier alpha value is -2.30. The molecule has 2 aromatic rings. The molecule has 1 atom stereocenters. The number of carbonyl (C=O) groups is 1. The molecule has 0 aliphatic carbocycles. The summed E-state index contributed by atoms with van der Waals surface area (Å²) in [7, 11) is 1.61. The van der Waals surface area contributed by atoms with Gasteiger partial charge in [0.2, 0.25) is 11.8 Å². The van der Waals surface area contributed by atoms with Crippen LogP contribution in [0.4, 0.5) is 5.88 Å². The van der Waals surface area contributed by atoms with Gasteiger partial charge in [0.1, 0.15) is 23.1 Å². The molecule has 7 heteroatoms. The lowest BCUT2D eigenvalue weighted by molar-refractivity contribution is -0.115.